The van der Waals surface area contributed by atoms with Gasteiger partial charge in [0.1, 0.15) is 5.75 Å². The fourth-order valence-electron chi connectivity index (χ4n) is 2.67. The summed E-state index contributed by atoms with van der Waals surface area (Å²) in [5.41, 5.74) is 4.81. The summed E-state index contributed by atoms with van der Waals surface area (Å²) in [5.74, 6) is -0.952. The van der Waals surface area contributed by atoms with E-state index in [2.05, 4.69) is 15.8 Å². The first-order valence-corrected chi connectivity index (χ1v) is 10.0. The SMILES string of the molecule is Cc1cccc(C(=O)Oc2ccc(/C=N/NC(=O)CNC(=O)c3cccc(Cl)c3)cc2)c1. The van der Waals surface area contributed by atoms with Gasteiger partial charge in [-0.1, -0.05) is 35.4 Å². The number of esters is 1. The van der Waals surface area contributed by atoms with Crippen molar-refractivity contribution in [3.8, 4) is 5.75 Å². The summed E-state index contributed by atoms with van der Waals surface area (Å²) in [6.45, 7) is 1.66. The quantitative estimate of drug-likeness (QED) is 0.248. The van der Waals surface area contributed by atoms with E-state index in [9.17, 15) is 14.4 Å². The largest absolute Gasteiger partial charge is 0.423 e. The predicted octanol–water partition coefficient (Wildman–Crippen LogP) is 3.75. The summed E-state index contributed by atoms with van der Waals surface area (Å²) >= 11 is 5.84. The summed E-state index contributed by atoms with van der Waals surface area (Å²) < 4.78 is 5.35. The predicted molar refractivity (Wildman–Crippen MR) is 122 cm³/mol. The molecule has 0 aliphatic carbocycles. The maximum atomic E-state index is 12.2. The van der Waals surface area contributed by atoms with Crippen molar-refractivity contribution in [3.05, 3.63) is 100 Å². The molecule has 0 unspecified atom stereocenters. The molecular weight excluding hydrogens is 430 g/mol. The second kappa shape index (κ2) is 10.9. The smallest absolute Gasteiger partial charge is 0.343 e. The van der Waals surface area contributed by atoms with Gasteiger partial charge in [-0.2, -0.15) is 5.10 Å². The summed E-state index contributed by atoms with van der Waals surface area (Å²) in [6, 6.07) is 20.2. The molecule has 2 amide bonds. The van der Waals surface area contributed by atoms with Gasteiger partial charge < -0.3 is 10.1 Å². The van der Waals surface area contributed by atoms with Crippen molar-refractivity contribution in [1.29, 1.82) is 0 Å². The molecule has 162 valence electrons. The van der Waals surface area contributed by atoms with Crippen LogP contribution in [0.25, 0.3) is 0 Å². The third-order valence-electron chi connectivity index (χ3n) is 4.24. The number of nitrogens with one attached hydrogen (secondary N) is 2. The van der Waals surface area contributed by atoms with Crippen LogP contribution in [0.3, 0.4) is 0 Å². The van der Waals surface area contributed by atoms with Crippen LogP contribution in [-0.4, -0.2) is 30.5 Å². The number of amides is 2. The Morgan fingerprint density at radius 3 is 2.41 bits per heavy atom. The minimum atomic E-state index is -0.486. The molecule has 0 spiro atoms. The van der Waals surface area contributed by atoms with Crippen molar-refractivity contribution in [1.82, 2.24) is 10.7 Å². The first-order valence-electron chi connectivity index (χ1n) is 9.65. The molecule has 0 fully saturated rings. The van der Waals surface area contributed by atoms with E-state index in [1.165, 1.54) is 12.3 Å². The van der Waals surface area contributed by atoms with E-state index < -0.39 is 17.8 Å². The first-order chi connectivity index (χ1) is 15.4. The lowest BCUT2D eigenvalue weighted by Crippen LogP contribution is -2.34. The van der Waals surface area contributed by atoms with Gasteiger partial charge in [0.05, 0.1) is 18.3 Å². The van der Waals surface area contributed by atoms with Gasteiger partial charge in [-0.25, -0.2) is 10.2 Å². The minimum absolute atomic E-state index is 0.240. The third kappa shape index (κ3) is 6.78. The minimum Gasteiger partial charge on any atom is -0.423 e. The van der Waals surface area contributed by atoms with E-state index in [-0.39, 0.29) is 6.54 Å². The van der Waals surface area contributed by atoms with Crippen molar-refractivity contribution in [3.63, 3.8) is 0 Å². The van der Waals surface area contributed by atoms with Crippen molar-refractivity contribution in [2.45, 2.75) is 6.92 Å². The normalized spacial score (nSPS) is 10.6. The van der Waals surface area contributed by atoms with E-state index in [0.717, 1.165) is 5.56 Å². The lowest BCUT2D eigenvalue weighted by atomic mass is 10.1. The molecule has 0 saturated carbocycles. The van der Waals surface area contributed by atoms with Crippen molar-refractivity contribution in [2.75, 3.05) is 6.54 Å². The maximum Gasteiger partial charge on any atom is 0.343 e. The Morgan fingerprint density at radius 2 is 1.69 bits per heavy atom. The number of carbonyl (C=O) groups excluding carboxylic acids is 3. The van der Waals surface area contributed by atoms with Gasteiger partial charge in [-0.05, 0) is 67.1 Å². The van der Waals surface area contributed by atoms with Crippen LogP contribution in [0.4, 0.5) is 0 Å². The molecule has 32 heavy (non-hydrogen) atoms. The number of nitrogens with zero attached hydrogens (tertiary/aromatic N) is 1. The Labute approximate surface area is 190 Å². The Kier molecular flexibility index (Phi) is 7.72. The van der Waals surface area contributed by atoms with E-state index >= 15 is 0 Å². The van der Waals surface area contributed by atoms with Gasteiger partial charge in [-0.15, -0.1) is 0 Å². The number of hydrogen-bond acceptors (Lipinski definition) is 5. The highest BCUT2D eigenvalue weighted by atomic mass is 35.5. The van der Waals surface area contributed by atoms with Crippen LogP contribution in [0.5, 0.6) is 5.75 Å². The Morgan fingerprint density at radius 1 is 0.969 bits per heavy atom. The van der Waals surface area contributed by atoms with Crippen LogP contribution < -0.4 is 15.5 Å². The zero-order valence-electron chi connectivity index (χ0n) is 17.2. The third-order valence-corrected chi connectivity index (χ3v) is 4.48. The van der Waals surface area contributed by atoms with Crippen molar-refractivity contribution < 1.29 is 19.1 Å². The molecule has 8 heteroatoms. The van der Waals surface area contributed by atoms with Gasteiger partial charge in [-0.3, -0.25) is 9.59 Å². The monoisotopic (exact) mass is 449 g/mol. The zero-order valence-corrected chi connectivity index (χ0v) is 17.9. The second-order valence-corrected chi connectivity index (χ2v) is 7.25. The number of ether oxygens (including phenoxy) is 1. The summed E-state index contributed by atoms with van der Waals surface area (Å²) in [7, 11) is 0. The molecule has 3 aromatic carbocycles. The molecule has 0 heterocycles. The lowest BCUT2D eigenvalue weighted by molar-refractivity contribution is -0.120. The molecule has 2 N–H and O–H groups in total. The molecule has 0 saturated heterocycles. The molecule has 0 aromatic heterocycles. The number of halogens is 1. The fraction of sp³-hybridized carbons (Fsp3) is 0.0833. The van der Waals surface area contributed by atoms with Gasteiger partial charge in [0.25, 0.3) is 11.8 Å². The van der Waals surface area contributed by atoms with Crippen molar-refractivity contribution >= 4 is 35.6 Å². The molecular formula is C24H20ClN3O4. The Bertz CT molecular complexity index is 1160. The molecule has 0 radical (unpaired) electrons. The maximum absolute atomic E-state index is 12.2. The van der Waals surface area contributed by atoms with Gasteiger partial charge >= 0.3 is 5.97 Å². The number of hydrogen-bond donors (Lipinski definition) is 2. The first kappa shape index (κ1) is 22.7. The van der Waals surface area contributed by atoms with Gasteiger partial charge in [0.15, 0.2) is 0 Å². The molecule has 3 aromatic rings. The van der Waals surface area contributed by atoms with Gasteiger partial charge in [0, 0.05) is 10.6 Å². The summed E-state index contributed by atoms with van der Waals surface area (Å²) in [5, 5.41) is 6.77. The van der Waals surface area contributed by atoms with E-state index in [1.807, 2.05) is 13.0 Å². The summed E-state index contributed by atoms with van der Waals surface area (Å²) in [6.07, 6.45) is 1.43. The highest BCUT2D eigenvalue weighted by Gasteiger charge is 2.09. The number of carbonyl (C=O) groups is 3. The van der Waals surface area contributed by atoms with E-state index in [1.54, 1.807) is 60.7 Å². The molecule has 0 aliphatic heterocycles. The number of aryl methyl sites for hydroxylation is 1. The average Bonchev–Trinajstić information content (AvgIpc) is 2.78. The van der Waals surface area contributed by atoms with E-state index in [0.29, 0.717) is 27.5 Å². The highest BCUT2D eigenvalue weighted by Crippen LogP contribution is 2.14. The number of rotatable bonds is 7. The van der Waals surface area contributed by atoms with Crippen LogP contribution in [0, 0.1) is 6.92 Å². The lowest BCUT2D eigenvalue weighted by Gasteiger charge is -2.05. The highest BCUT2D eigenvalue weighted by molar-refractivity contribution is 6.31. The van der Waals surface area contributed by atoms with Crippen LogP contribution in [0.1, 0.15) is 31.8 Å². The standard InChI is InChI=1S/C24H20ClN3O4/c1-16-4-2-6-19(12-16)24(31)32-21-10-8-17(9-11-21)14-27-28-22(29)15-26-23(30)18-5-3-7-20(25)13-18/h2-14H,15H2,1H3,(H,26,30)(H,28,29)/b27-14+. The topological polar surface area (TPSA) is 96.9 Å². The second-order valence-electron chi connectivity index (χ2n) is 6.81. The van der Waals surface area contributed by atoms with Crippen LogP contribution >= 0.6 is 11.6 Å². The average molecular weight is 450 g/mol. The number of hydrazone groups is 1. The summed E-state index contributed by atoms with van der Waals surface area (Å²) in [4.78, 5) is 36.0. The molecule has 7 nitrogen and oxygen atoms in total. The molecule has 0 bridgehead atoms. The van der Waals surface area contributed by atoms with Crippen LogP contribution in [0.15, 0.2) is 77.9 Å². The van der Waals surface area contributed by atoms with Crippen LogP contribution in [0.2, 0.25) is 5.02 Å². The Hall–Kier alpha value is -3.97. The van der Waals surface area contributed by atoms with Crippen molar-refractivity contribution in [2.24, 2.45) is 5.10 Å². The fourth-order valence-corrected chi connectivity index (χ4v) is 2.86. The van der Waals surface area contributed by atoms with Crippen LogP contribution in [-0.2, 0) is 4.79 Å². The van der Waals surface area contributed by atoms with E-state index in [4.69, 9.17) is 16.3 Å². The molecule has 3 rings (SSSR count). The zero-order chi connectivity index (χ0) is 22.9. The van der Waals surface area contributed by atoms with Gasteiger partial charge in [0.2, 0.25) is 0 Å². The molecule has 0 atom stereocenters. The molecule has 0 aliphatic rings. The number of benzene rings is 3. The Balaban J connectivity index is 1.45.